The number of H-pyrrole nitrogens is 1. The van der Waals surface area contributed by atoms with Crippen molar-refractivity contribution in [2.75, 3.05) is 0 Å². The first-order valence-corrected chi connectivity index (χ1v) is 5.81. The van der Waals surface area contributed by atoms with Gasteiger partial charge in [-0.3, -0.25) is 9.89 Å². The molecule has 2 aromatic rings. The first-order valence-electron chi connectivity index (χ1n) is 5.43. The van der Waals surface area contributed by atoms with E-state index < -0.39 is 23.5 Å². The molecular formula is C12H10ClF3N2O. The maximum Gasteiger partial charge on any atom is 0.432 e. The molecule has 0 fully saturated rings. The van der Waals surface area contributed by atoms with E-state index in [1.807, 2.05) is 0 Å². The molecule has 2 rings (SSSR count). The Kier molecular flexibility index (Phi) is 3.45. The van der Waals surface area contributed by atoms with Crippen molar-refractivity contribution in [2.24, 2.45) is 0 Å². The van der Waals surface area contributed by atoms with Crippen molar-refractivity contribution in [3.8, 4) is 0 Å². The lowest BCUT2D eigenvalue weighted by molar-refractivity contribution is -0.141. The van der Waals surface area contributed by atoms with Crippen LogP contribution < -0.4 is 5.56 Å². The highest BCUT2D eigenvalue weighted by atomic mass is 35.5. The molecule has 1 atom stereocenters. The summed E-state index contributed by atoms with van der Waals surface area (Å²) >= 11 is 5.82. The van der Waals surface area contributed by atoms with Crippen molar-refractivity contribution in [2.45, 2.75) is 19.1 Å². The van der Waals surface area contributed by atoms with E-state index >= 15 is 0 Å². The van der Waals surface area contributed by atoms with Crippen LogP contribution in [0, 0.1) is 0 Å². The van der Waals surface area contributed by atoms with E-state index in [-0.39, 0.29) is 0 Å². The van der Waals surface area contributed by atoms with Gasteiger partial charge in [-0.15, -0.1) is 0 Å². The number of nitrogens with zero attached hydrogens (tertiary/aromatic N) is 1. The molecule has 102 valence electrons. The fraction of sp³-hybridized carbons (Fsp3) is 0.250. The van der Waals surface area contributed by atoms with Gasteiger partial charge in [-0.2, -0.15) is 13.2 Å². The average Bonchev–Trinajstić information content (AvgIpc) is 2.70. The summed E-state index contributed by atoms with van der Waals surface area (Å²) in [6.07, 6.45) is -4.57. The van der Waals surface area contributed by atoms with Crippen LogP contribution >= 0.6 is 11.6 Å². The highest BCUT2D eigenvalue weighted by molar-refractivity contribution is 6.30. The van der Waals surface area contributed by atoms with Crippen molar-refractivity contribution in [1.29, 1.82) is 0 Å². The third-order valence-electron chi connectivity index (χ3n) is 2.77. The molecule has 0 amide bonds. The zero-order valence-corrected chi connectivity index (χ0v) is 10.6. The molecule has 0 aliphatic heterocycles. The quantitative estimate of drug-likeness (QED) is 0.904. The zero-order chi connectivity index (χ0) is 14.2. The molecule has 1 aromatic carbocycles. The molecule has 7 heteroatoms. The Bertz CT molecular complexity index is 645. The Morgan fingerprint density at radius 3 is 2.53 bits per heavy atom. The van der Waals surface area contributed by atoms with Crippen LogP contribution in [0.1, 0.15) is 24.2 Å². The van der Waals surface area contributed by atoms with Crippen LogP contribution in [0.4, 0.5) is 13.2 Å². The zero-order valence-electron chi connectivity index (χ0n) is 9.83. The van der Waals surface area contributed by atoms with E-state index in [0.29, 0.717) is 16.7 Å². The lowest BCUT2D eigenvalue weighted by Crippen LogP contribution is -2.21. The lowest BCUT2D eigenvalue weighted by atomic mass is 10.1. The first kappa shape index (κ1) is 13.7. The summed E-state index contributed by atoms with van der Waals surface area (Å²) in [5.41, 5.74) is -1.16. The summed E-state index contributed by atoms with van der Waals surface area (Å²) in [5.74, 6) is 0. The topological polar surface area (TPSA) is 37.8 Å². The predicted octanol–water partition coefficient (Wildman–Crippen LogP) is 3.46. The summed E-state index contributed by atoms with van der Waals surface area (Å²) in [6, 6.07) is 6.59. The van der Waals surface area contributed by atoms with E-state index in [1.54, 1.807) is 31.2 Å². The van der Waals surface area contributed by atoms with E-state index in [1.165, 1.54) is 0 Å². The Morgan fingerprint density at radius 1 is 1.32 bits per heavy atom. The predicted molar refractivity (Wildman–Crippen MR) is 65.3 cm³/mol. The van der Waals surface area contributed by atoms with E-state index in [0.717, 1.165) is 4.68 Å². The number of nitrogens with one attached hydrogen (secondary N) is 1. The number of alkyl halides is 3. The molecule has 0 saturated heterocycles. The monoisotopic (exact) mass is 290 g/mol. The van der Waals surface area contributed by atoms with Crippen LogP contribution in [-0.2, 0) is 6.18 Å². The molecular weight excluding hydrogens is 281 g/mol. The molecule has 3 nitrogen and oxygen atoms in total. The number of benzene rings is 1. The first-order chi connectivity index (χ1) is 8.79. The van der Waals surface area contributed by atoms with Gasteiger partial charge in [-0.1, -0.05) is 23.7 Å². The SMILES string of the molecule is CC(c1cccc(Cl)c1)n1[nH]c(C(F)(F)F)cc1=O. The third kappa shape index (κ3) is 2.84. The van der Waals surface area contributed by atoms with Gasteiger partial charge in [0, 0.05) is 11.1 Å². The molecule has 1 aromatic heterocycles. The smallest absolute Gasteiger partial charge is 0.291 e. The Hall–Kier alpha value is -1.69. The molecule has 0 saturated carbocycles. The molecule has 1 N–H and O–H groups in total. The maximum absolute atomic E-state index is 12.5. The van der Waals surface area contributed by atoms with E-state index in [2.05, 4.69) is 5.10 Å². The molecule has 0 bridgehead atoms. The summed E-state index contributed by atoms with van der Waals surface area (Å²) < 4.78 is 38.4. The maximum atomic E-state index is 12.5. The Labute approximate surface area is 111 Å². The minimum absolute atomic E-state index is 0.458. The van der Waals surface area contributed by atoms with Crippen molar-refractivity contribution in [1.82, 2.24) is 9.78 Å². The molecule has 0 aliphatic rings. The van der Waals surface area contributed by atoms with Gasteiger partial charge in [0.2, 0.25) is 0 Å². The highest BCUT2D eigenvalue weighted by Gasteiger charge is 2.34. The van der Waals surface area contributed by atoms with Crippen molar-refractivity contribution in [3.63, 3.8) is 0 Å². The van der Waals surface area contributed by atoms with Gasteiger partial charge in [-0.05, 0) is 24.6 Å². The number of aromatic amines is 1. The lowest BCUT2D eigenvalue weighted by Gasteiger charge is -2.13. The van der Waals surface area contributed by atoms with Gasteiger partial charge in [0.05, 0.1) is 6.04 Å². The highest BCUT2D eigenvalue weighted by Crippen LogP contribution is 2.27. The van der Waals surface area contributed by atoms with Gasteiger partial charge in [0.15, 0.2) is 0 Å². The number of rotatable bonds is 2. The minimum atomic E-state index is -4.57. The van der Waals surface area contributed by atoms with Crippen LogP contribution in [0.2, 0.25) is 5.02 Å². The molecule has 0 spiro atoms. The number of hydrogen-bond acceptors (Lipinski definition) is 1. The van der Waals surface area contributed by atoms with Gasteiger partial charge < -0.3 is 0 Å². The van der Waals surface area contributed by atoms with Crippen molar-refractivity contribution in [3.05, 3.63) is 57.0 Å². The largest absolute Gasteiger partial charge is 0.432 e. The molecule has 19 heavy (non-hydrogen) atoms. The van der Waals surface area contributed by atoms with Gasteiger partial charge in [0.1, 0.15) is 5.69 Å². The van der Waals surface area contributed by atoms with Crippen LogP contribution in [0.25, 0.3) is 0 Å². The van der Waals surface area contributed by atoms with Crippen molar-refractivity contribution < 1.29 is 13.2 Å². The number of hydrogen-bond donors (Lipinski definition) is 1. The van der Waals surface area contributed by atoms with Gasteiger partial charge in [0.25, 0.3) is 5.56 Å². The van der Waals surface area contributed by atoms with Gasteiger partial charge >= 0.3 is 6.18 Å². The molecule has 1 heterocycles. The Morgan fingerprint density at radius 2 is 2.00 bits per heavy atom. The second-order valence-corrected chi connectivity index (χ2v) is 4.54. The standard InChI is InChI=1S/C12H10ClF3N2O/c1-7(8-3-2-4-9(13)5-8)18-11(19)6-10(17-18)12(14,15)16/h2-7,17H,1H3. The van der Waals surface area contributed by atoms with Crippen LogP contribution in [0.5, 0.6) is 0 Å². The molecule has 0 radical (unpaired) electrons. The average molecular weight is 291 g/mol. The third-order valence-corrected chi connectivity index (χ3v) is 3.01. The van der Waals surface area contributed by atoms with E-state index in [9.17, 15) is 18.0 Å². The fourth-order valence-corrected chi connectivity index (χ4v) is 1.96. The normalized spacial score (nSPS) is 13.5. The summed E-state index contributed by atoms with van der Waals surface area (Å²) in [6.45, 7) is 1.61. The van der Waals surface area contributed by atoms with E-state index in [4.69, 9.17) is 11.6 Å². The number of halogens is 4. The summed E-state index contributed by atoms with van der Waals surface area (Å²) in [7, 11) is 0. The minimum Gasteiger partial charge on any atom is -0.291 e. The second-order valence-electron chi connectivity index (χ2n) is 4.11. The molecule has 1 unspecified atom stereocenters. The van der Waals surface area contributed by atoms with Crippen LogP contribution in [0.3, 0.4) is 0 Å². The molecule has 0 aliphatic carbocycles. The number of aromatic nitrogens is 2. The second kappa shape index (κ2) is 4.77. The summed E-state index contributed by atoms with van der Waals surface area (Å²) in [4.78, 5) is 11.6. The van der Waals surface area contributed by atoms with Crippen LogP contribution in [-0.4, -0.2) is 9.78 Å². The Balaban J connectivity index is 2.42. The van der Waals surface area contributed by atoms with Crippen molar-refractivity contribution >= 4 is 11.6 Å². The summed E-state index contributed by atoms with van der Waals surface area (Å²) in [5, 5.41) is 2.53. The fourth-order valence-electron chi connectivity index (χ4n) is 1.76. The van der Waals surface area contributed by atoms with Gasteiger partial charge in [-0.25, -0.2) is 4.68 Å². The van der Waals surface area contributed by atoms with Crippen LogP contribution in [0.15, 0.2) is 35.1 Å².